The fourth-order valence-electron chi connectivity index (χ4n) is 2.45. The molecule has 0 radical (unpaired) electrons. The zero-order valence-electron chi connectivity index (χ0n) is 10.8. The standard InChI is InChI=1S/C15H27Cl/c1-2-3-4-5-6-7-10-14-11-8-9-12-15(16)13-14/h13,15H,2-12H2,1H3. The van der Waals surface area contributed by atoms with Crippen LogP contribution in [0.4, 0.5) is 0 Å². The smallest absolute Gasteiger partial charge is 0.0518 e. The molecule has 0 aliphatic heterocycles. The SMILES string of the molecule is CCCCCCCCC1=CC(Cl)CCCC1. The minimum Gasteiger partial charge on any atom is -0.118 e. The predicted octanol–water partition coefficient (Wildman–Crippen LogP) is 5.84. The van der Waals surface area contributed by atoms with Gasteiger partial charge in [-0.25, -0.2) is 0 Å². The van der Waals surface area contributed by atoms with Gasteiger partial charge in [-0.3, -0.25) is 0 Å². The molecule has 1 aliphatic rings. The van der Waals surface area contributed by atoms with Crippen LogP contribution in [-0.2, 0) is 0 Å². The summed E-state index contributed by atoms with van der Waals surface area (Å²) in [6.07, 6.45) is 17.2. The van der Waals surface area contributed by atoms with Gasteiger partial charge >= 0.3 is 0 Å². The summed E-state index contributed by atoms with van der Waals surface area (Å²) in [7, 11) is 0. The van der Waals surface area contributed by atoms with E-state index in [2.05, 4.69) is 13.0 Å². The first-order chi connectivity index (χ1) is 7.83. The lowest BCUT2D eigenvalue weighted by Gasteiger charge is -2.06. The van der Waals surface area contributed by atoms with Crippen molar-refractivity contribution < 1.29 is 0 Å². The van der Waals surface area contributed by atoms with Crippen molar-refractivity contribution in [2.45, 2.75) is 82.9 Å². The second kappa shape index (κ2) is 9.10. The summed E-state index contributed by atoms with van der Waals surface area (Å²) in [5.74, 6) is 0. The van der Waals surface area contributed by atoms with Gasteiger partial charge in [-0.15, -0.1) is 11.6 Å². The Morgan fingerprint density at radius 1 is 1.12 bits per heavy atom. The van der Waals surface area contributed by atoms with E-state index < -0.39 is 0 Å². The van der Waals surface area contributed by atoms with Crippen molar-refractivity contribution in [2.24, 2.45) is 0 Å². The lowest BCUT2D eigenvalue weighted by Crippen LogP contribution is -1.91. The lowest BCUT2D eigenvalue weighted by atomic mass is 10.0. The highest BCUT2D eigenvalue weighted by Gasteiger charge is 2.08. The Kier molecular flexibility index (Phi) is 8.02. The average molecular weight is 243 g/mol. The Labute approximate surface area is 106 Å². The number of rotatable bonds is 7. The maximum absolute atomic E-state index is 6.22. The van der Waals surface area contributed by atoms with Crippen molar-refractivity contribution in [1.29, 1.82) is 0 Å². The maximum Gasteiger partial charge on any atom is 0.0518 e. The third-order valence-corrected chi connectivity index (χ3v) is 3.84. The van der Waals surface area contributed by atoms with Crippen LogP contribution in [0.5, 0.6) is 0 Å². The van der Waals surface area contributed by atoms with Crippen LogP contribution < -0.4 is 0 Å². The van der Waals surface area contributed by atoms with Crippen LogP contribution in [0.15, 0.2) is 11.6 Å². The molecule has 0 amide bonds. The van der Waals surface area contributed by atoms with Crippen molar-refractivity contribution in [3.8, 4) is 0 Å². The van der Waals surface area contributed by atoms with Gasteiger partial charge in [-0.1, -0.05) is 57.1 Å². The summed E-state index contributed by atoms with van der Waals surface area (Å²) >= 11 is 6.22. The predicted molar refractivity (Wildman–Crippen MR) is 74.2 cm³/mol. The van der Waals surface area contributed by atoms with E-state index in [9.17, 15) is 0 Å². The van der Waals surface area contributed by atoms with Gasteiger partial charge in [-0.05, 0) is 32.1 Å². The molecule has 0 aromatic heterocycles. The van der Waals surface area contributed by atoms with Gasteiger partial charge in [0.1, 0.15) is 0 Å². The first-order valence-electron chi connectivity index (χ1n) is 7.16. The molecule has 16 heavy (non-hydrogen) atoms. The van der Waals surface area contributed by atoms with Gasteiger partial charge in [0.05, 0.1) is 5.38 Å². The van der Waals surface area contributed by atoms with E-state index in [1.807, 2.05) is 0 Å². The van der Waals surface area contributed by atoms with Gasteiger partial charge in [-0.2, -0.15) is 0 Å². The van der Waals surface area contributed by atoms with Gasteiger partial charge < -0.3 is 0 Å². The molecule has 0 fully saturated rings. The highest BCUT2D eigenvalue weighted by atomic mass is 35.5. The van der Waals surface area contributed by atoms with E-state index in [1.54, 1.807) is 5.57 Å². The van der Waals surface area contributed by atoms with E-state index in [0.29, 0.717) is 5.38 Å². The van der Waals surface area contributed by atoms with Crippen LogP contribution in [-0.4, -0.2) is 5.38 Å². The van der Waals surface area contributed by atoms with E-state index >= 15 is 0 Å². The second-order valence-corrected chi connectivity index (χ2v) is 5.67. The van der Waals surface area contributed by atoms with Gasteiger partial charge in [0, 0.05) is 0 Å². The first-order valence-corrected chi connectivity index (χ1v) is 7.60. The number of hydrogen-bond donors (Lipinski definition) is 0. The normalized spacial score (nSPS) is 21.6. The van der Waals surface area contributed by atoms with Gasteiger partial charge in [0.15, 0.2) is 0 Å². The fourth-order valence-corrected chi connectivity index (χ4v) is 2.79. The monoisotopic (exact) mass is 242 g/mol. The molecule has 0 bridgehead atoms. The quantitative estimate of drug-likeness (QED) is 0.299. The molecular weight excluding hydrogens is 216 g/mol. The molecule has 1 heteroatoms. The molecule has 0 saturated carbocycles. The Morgan fingerprint density at radius 2 is 1.88 bits per heavy atom. The minimum absolute atomic E-state index is 0.317. The molecule has 0 N–H and O–H groups in total. The molecule has 0 aromatic carbocycles. The summed E-state index contributed by atoms with van der Waals surface area (Å²) in [4.78, 5) is 0. The average Bonchev–Trinajstić information content (AvgIpc) is 2.48. The second-order valence-electron chi connectivity index (χ2n) is 5.10. The number of hydrogen-bond acceptors (Lipinski definition) is 0. The van der Waals surface area contributed by atoms with Crippen molar-refractivity contribution in [3.05, 3.63) is 11.6 Å². The fraction of sp³-hybridized carbons (Fsp3) is 0.867. The number of halogens is 1. The van der Waals surface area contributed by atoms with E-state index in [4.69, 9.17) is 11.6 Å². The summed E-state index contributed by atoms with van der Waals surface area (Å²) in [5.41, 5.74) is 1.63. The summed E-state index contributed by atoms with van der Waals surface area (Å²) in [6.45, 7) is 2.27. The molecule has 1 atom stereocenters. The van der Waals surface area contributed by atoms with Crippen molar-refractivity contribution in [1.82, 2.24) is 0 Å². The van der Waals surface area contributed by atoms with E-state index in [1.165, 1.54) is 70.6 Å². The Balaban J connectivity index is 2.06. The van der Waals surface area contributed by atoms with E-state index in [0.717, 1.165) is 0 Å². The molecule has 1 rings (SSSR count). The Bertz CT molecular complexity index is 196. The summed E-state index contributed by atoms with van der Waals surface area (Å²) in [5, 5.41) is 0.317. The molecule has 0 spiro atoms. The zero-order valence-corrected chi connectivity index (χ0v) is 11.6. The van der Waals surface area contributed by atoms with Crippen LogP contribution >= 0.6 is 11.6 Å². The largest absolute Gasteiger partial charge is 0.118 e. The Hall–Kier alpha value is 0.0300. The van der Waals surface area contributed by atoms with Gasteiger partial charge in [0.25, 0.3) is 0 Å². The third-order valence-electron chi connectivity index (χ3n) is 3.50. The van der Waals surface area contributed by atoms with Crippen molar-refractivity contribution in [3.63, 3.8) is 0 Å². The maximum atomic E-state index is 6.22. The number of unbranched alkanes of at least 4 members (excludes halogenated alkanes) is 5. The molecule has 94 valence electrons. The summed E-state index contributed by atoms with van der Waals surface area (Å²) < 4.78 is 0. The first kappa shape index (κ1) is 14.1. The lowest BCUT2D eigenvalue weighted by molar-refractivity contribution is 0.599. The van der Waals surface area contributed by atoms with Crippen molar-refractivity contribution in [2.75, 3.05) is 0 Å². The molecule has 0 nitrogen and oxygen atoms in total. The Morgan fingerprint density at radius 3 is 2.69 bits per heavy atom. The topological polar surface area (TPSA) is 0 Å². The molecule has 1 unspecified atom stereocenters. The third kappa shape index (κ3) is 6.58. The van der Waals surface area contributed by atoms with Gasteiger partial charge in [0.2, 0.25) is 0 Å². The van der Waals surface area contributed by atoms with Crippen LogP contribution in [0.1, 0.15) is 77.6 Å². The molecule has 1 aliphatic carbocycles. The van der Waals surface area contributed by atoms with E-state index in [-0.39, 0.29) is 0 Å². The molecule has 0 aromatic rings. The number of allylic oxidation sites excluding steroid dienone is 2. The van der Waals surface area contributed by atoms with Crippen LogP contribution in [0.25, 0.3) is 0 Å². The minimum atomic E-state index is 0.317. The van der Waals surface area contributed by atoms with Crippen LogP contribution in [0.2, 0.25) is 0 Å². The molecule has 0 saturated heterocycles. The van der Waals surface area contributed by atoms with Crippen LogP contribution in [0.3, 0.4) is 0 Å². The van der Waals surface area contributed by atoms with Crippen LogP contribution in [0, 0.1) is 0 Å². The zero-order chi connectivity index (χ0) is 11.6. The summed E-state index contributed by atoms with van der Waals surface area (Å²) in [6, 6.07) is 0. The molecular formula is C15H27Cl. The highest BCUT2D eigenvalue weighted by molar-refractivity contribution is 6.21. The number of alkyl halides is 1. The highest BCUT2D eigenvalue weighted by Crippen LogP contribution is 2.24. The molecule has 0 heterocycles. The van der Waals surface area contributed by atoms with Crippen molar-refractivity contribution >= 4 is 11.6 Å².